The first-order valence-electron chi connectivity index (χ1n) is 6.41. The zero-order chi connectivity index (χ0) is 11.5. The lowest BCUT2D eigenvalue weighted by Gasteiger charge is -2.22. The molecule has 2 aromatic rings. The maximum Gasteiger partial charge on any atom is 0.0454 e. The highest BCUT2D eigenvalue weighted by molar-refractivity contribution is 7.97. The Labute approximate surface area is 106 Å². The average Bonchev–Trinajstić information content (AvgIpc) is 2.85. The molecule has 0 bridgehead atoms. The van der Waals surface area contributed by atoms with E-state index in [1.165, 1.54) is 47.9 Å². The standard InChI is InChI=1S/C14H18N2S/c1-2-4-12(5-3-1)16-17-13-6-7-14-11(10-13)8-9-15-14/h6-10,12,15-16H,1-5H2. The van der Waals surface area contributed by atoms with Gasteiger partial charge in [-0.25, -0.2) is 0 Å². The molecule has 3 heteroatoms. The second-order valence-electron chi connectivity index (χ2n) is 4.78. The smallest absolute Gasteiger partial charge is 0.0454 e. The van der Waals surface area contributed by atoms with Crippen LogP contribution in [0.25, 0.3) is 10.9 Å². The molecule has 90 valence electrons. The summed E-state index contributed by atoms with van der Waals surface area (Å²) in [5, 5.41) is 1.29. The van der Waals surface area contributed by atoms with Gasteiger partial charge in [0.1, 0.15) is 0 Å². The Kier molecular flexibility index (Phi) is 3.39. The monoisotopic (exact) mass is 246 g/mol. The van der Waals surface area contributed by atoms with Crippen LogP contribution in [-0.4, -0.2) is 11.0 Å². The maximum absolute atomic E-state index is 3.60. The Morgan fingerprint density at radius 2 is 2.00 bits per heavy atom. The molecule has 0 radical (unpaired) electrons. The van der Waals surface area contributed by atoms with Crippen molar-refractivity contribution in [2.45, 2.75) is 43.0 Å². The van der Waals surface area contributed by atoms with Crippen molar-refractivity contribution in [2.24, 2.45) is 0 Å². The lowest BCUT2D eigenvalue weighted by molar-refractivity contribution is 0.423. The second-order valence-corrected chi connectivity index (χ2v) is 5.69. The molecule has 0 amide bonds. The first kappa shape index (κ1) is 11.2. The van der Waals surface area contributed by atoms with E-state index in [1.54, 1.807) is 11.9 Å². The van der Waals surface area contributed by atoms with Crippen LogP contribution in [0, 0.1) is 0 Å². The van der Waals surface area contributed by atoms with E-state index in [0.29, 0.717) is 6.04 Å². The summed E-state index contributed by atoms with van der Waals surface area (Å²) in [6.45, 7) is 0. The zero-order valence-electron chi connectivity index (χ0n) is 9.91. The van der Waals surface area contributed by atoms with Crippen LogP contribution in [0.2, 0.25) is 0 Å². The third kappa shape index (κ3) is 2.67. The first-order chi connectivity index (χ1) is 8.42. The number of aromatic nitrogens is 1. The molecule has 1 aromatic carbocycles. The van der Waals surface area contributed by atoms with Crippen LogP contribution in [0.1, 0.15) is 32.1 Å². The SMILES string of the molecule is c1cc2cc(SNC3CCCCC3)ccc2[nH]1. The molecule has 0 aliphatic heterocycles. The number of hydrogen-bond donors (Lipinski definition) is 2. The second kappa shape index (κ2) is 5.15. The van der Waals surface area contributed by atoms with E-state index in [0.717, 1.165) is 0 Å². The third-order valence-electron chi connectivity index (χ3n) is 3.47. The Balaban J connectivity index is 1.63. The van der Waals surface area contributed by atoms with Gasteiger partial charge in [-0.2, -0.15) is 0 Å². The summed E-state index contributed by atoms with van der Waals surface area (Å²) in [6, 6.07) is 9.40. The molecule has 0 atom stereocenters. The fourth-order valence-electron chi connectivity index (χ4n) is 2.47. The van der Waals surface area contributed by atoms with Gasteiger partial charge in [0.25, 0.3) is 0 Å². The molecule has 3 rings (SSSR count). The van der Waals surface area contributed by atoms with Crippen molar-refractivity contribution >= 4 is 22.9 Å². The van der Waals surface area contributed by atoms with Crippen molar-refractivity contribution in [2.75, 3.05) is 0 Å². The van der Waals surface area contributed by atoms with Crippen molar-refractivity contribution in [1.82, 2.24) is 9.71 Å². The van der Waals surface area contributed by atoms with Crippen LogP contribution in [0.3, 0.4) is 0 Å². The molecule has 0 unspecified atom stereocenters. The normalized spacial score (nSPS) is 17.6. The summed E-state index contributed by atoms with van der Waals surface area (Å²) >= 11 is 1.78. The predicted octanol–water partition coefficient (Wildman–Crippen LogP) is 4.10. The minimum atomic E-state index is 0.704. The van der Waals surface area contributed by atoms with E-state index < -0.39 is 0 Å². The molecule has 2 nitrogen and oxygen atoms in total. The maximum atomic E-state index is 3.60. The Bertz CT molecular complexity index is 486. The summed E-state index contributed by atoms with van der Waals surface area (Å²) in [5.41, 5.74) is 1.21. The third-order valence-corrected chi connectivity index (χ3v) is 4.41. The summed E-state index contributed by atoms with van der Waals surface area (Å²) in [5.74, 6) is 0. The average molecular weight is 246 g/mol. The Hall–Kier alpha value is -0.930. The molecule has 1 fully saturated rings. The van der Waals surface area contributed by atoms with E-state index in [2.05, 4.69) is 34.0 Å². The number of H-pyrrole nitrogens is 1. The van der Waals surface area contributed by atoms with Crippen molar-refractivity contribution < 1.29 is 0 Å². The summed E-state index contributed by atoms with van der Waals surface area (Å²) in [7, 11) is 0. The van der Waals surface area contributed by atoms with Crippen LogP contribution in [0.15, 0.2) is 35.4 Å². The highest BCUT2D eigenvalue weighted by atomic mass is 32.2. The fraction of sp³-hybridized carbons (Fsp3) is 0.429. The van der Waals surface area contributed by atoms with Gasteiger partial charge in [-0.05, 0) is 49.1 Å². The molecule has 1 aromatic heterocycles. The summed E-state index contributed by atoms with van der Waals surface area (Å²) in [6.07, 6.45) is 8.84. The summed E-state index contributed by atoms with van der Waals surface area (Å²) in [4.78, 5) is 4.53. The molecule has 1 aliphatic carbocycles. The van der Waals surface area contributed by atoms with Crippen LogP contribution in [0.4, 0.5) is 0 Å². The van der Waals surface area contributed by atoms with Crippen molar-refractivity contribution in [3.63, 3.8) is 0 Å². The molecule has 2 N–H and O–H groups in total. The van der Waals surface area contributed by atoms with Crippen molar-refractivity contribution in [3.8, 4) is 0 Å². The van der Waals surface area contributed by atoms with Crippen LogP contribution in [-0.2, 0) is 0 Å². The first-order valence-corrected chi connectivity index (χ1v) is 7.23. The highest BCUT2D eigenvalue weighted by Crippen LogP contribution is 2.24. The largest absolute Gasteiger partial charge is 0.361 e. The zero-order valence-corrected chi connectivity index (χ0v) is 10.7. The van der Waals surface area contributed by atoms with Crippen LogP contribution in [0.5, 0.6) is 0 Å². The molecule has 1 heterocycles. The summed E-state index contributed by atoms with van der Waals surface area (Å²) < 4.78 is 3.60. The molecule has 1 saturated carbocycles. The van der Waals surface area contributed by atoms with Gasteiger partial charge in [0, 0.05) is 28.0 Å². The number of rotatable bonds is 3. The van der Waals surface area contributed by atoms with Gasteiger partial charge in [0.15, 0.2) is 0 Å². The number of benzene rings is 1. The molecular formula is C14H18N2S. The van der Waals surface area contributed by atoms with Gasteiger partial charge in [-0.1, -0.05) is 19.3 Å². The number of hydrogen-bond acceptors (Lipinski definition) is 2. The van der Waals surface area contributed by atoms with Gasteiger partial charge in [-0.15, -0.1) is 0 Å². The van der Waals surface area contributed by atoms with E-state index in [-0.39, 0.29) is 0 Å². The van der Waals surface area contributed by atoms with Crippen molar-refractivity contribution in [1.29, 1.82) is 0 Å². The molecule has 0 spiro atoms. The highest BCUT2D eigenvalue weighted by Gasteiger charge is 2.12. The fourth-order valence-corrected chi connectivity index (χ4v) is 3.33. The van der Waals surface area contributed by atoms with Gasteiger partial charge in [0.2, 0.25) is 0 Å². The van der Waals surface area contributed by atoms with E-state index in [1.807, 2.05) is 6.20 Å². The van der Waals surface area contributed by atoms with Gasteiger partial charge in [-0.3, -0.25) is 4.72 Å². The molecular weight excluding hydrogens is 228 g/mol. The minimum absolute atomic E-state index is 0.704. The Morgan fingerprint density at radius 1 is 1.12 bits per heavy atom. The predicted molar refractivity (Wildman–Crippen MR) is 74.2 cm³/mol. The van der Waals surface area contributed by atoms with E-state index in [9.17, 15) is 0 Å². The minimum Gasteiger partial charge on any atom is -0.361 e. The number of aromatic amines is 1. The Morgan fingerprint density at radius 3 is 2.88 bits per heavy atom. The number of nitrogens with one attached hydrogen (secondary N) is 2. The molecule has 0 saturated heterocycles. The van der Waals surface area contributed by atoms with Gasteiger partial charge in [0.05, 0.1) is 0 Å². The topological polar surface area (TPSA) is 27.8 Å². The van der Waals surface area contributed by atoms with E-state index >= 15 is 0 Å². The number of fused-ring (bicyclic) bond motifs is 1. The van der Waals surface area contributed by atoms with E-state index in [4.69, 9.17) is 0 Å². The van der Waals surface area contributed by atoms with Gasteiger partial charge >= 0.3 is 0 Å². The van der Waals surface area contributed by atoms with Crippen LogP contribution < -0.4 is 4.72 Å². The van der Waals surface area contributed by atoms with Crippen LogP contribution >= 0.6 is 11.9 Å². The lowest BCUT2D eigenvalue weighted by Crippen LogP contribution is -2.25. The lowest BCUT2D eigenvalue weighted by atomic mass is 9.96. The van der Waals surface area contributed by atoms with Gasteiger partial charge < -0.3 is 4.98 Å². The quantitative estimate of drug-likeness (QED) is 0.798. The van der Waals surface area contributed by atoms with Crippen molar-refractivity contribution in [3.05, 3.63) is 30.5 Å². The molecule has 17 heavy (non-hydrogen) atoms. The molecule has 1 aliphatic rings.